The number of Topliss-reactive ketones (excluding diaryl/α,β-unsaturated/α-hetero) is 1. The molecule has 1 aliphatic rings. The van der Waals surface area contributed by atoms with Crippen LogP contribution < -0.4 is 0 Å². The molecule has 0 atom stereocenters. The summed E-state index contributed by atoms with van der Waals surface area (Å²) in [5.41, 5.74) is 3.57. The zero-order valence-corrected chi connectivity index (χ0v) is 16.1. The summed E-state index contributed by atoms with van der Waals surface area (Å²) < 4.78 is 0. The van der Waals surface area contributed by atoms with Gasteiger partial charge >= 0.3 is 0 Å². The van der Waals surface area contributed by atoms with E-state index in [9.17, 15) is 15.0 Å². The van der Waals surface area contributed by atoms with Gasteiger partial charge in [0.2, 0.25) is 0 Å². The van der Waals surface area contributed by atoms with E-state index in [1.54, 1.807) is 0 Å². The molecule has 0 spiro atoms. The van der Waals surface area contributed by atoms with E-state index in [0.717, 1.165) is 47.5 Å². The Balaban J connectivity index is 1.61. The molecule has 0 amide bonds. The molecule has 1 aliphatic carbocycles. The number of fused-ring (bicyclic) bond motifs is 1. The molecule has 5 nitrogen and oxygen atoms in total. The maximum Gasteiger partial charge on any atom is 0.173 e. The second-order valence-corrected chi connectivity index (χ2v) is 7.73. The Morgan fingerprint density at radius 3 is 2.54 bits per heavy atom. The van der Waals surface area contributed by atoms with Crippen molar-refractivity contribution < 1.29 is 15.0 Å². The highest BCUT2D eigenvalue weighted by Crippen LogP contribution is 2.32. The van der Waals surface area contributed by atoms with Crippen LogP contribution in [0.25, 0.3) is 11.4 Å². The highest BCUT2D eigenvalue weighted by atomic mass is 32.2. The number of aromatic nitrogens is 2. The number of phenols is 2. The summed E-state index contributed by atoms with van der Waals surface area (Å²) in [4.78, 5) is 22.1. The van der Waals surface area contributed by atoms with Gasteiger partial charge < -0.3 is 10.2 Å². The minimum absolute atomic E-state index is 0.121. The number of ketones is 1. The first kappa shape index (κ1) is 18.5. The first-order valence-electron chi connectivity index (χ1n) is 9.25. The molecular weight excluding hydrogens is 372 g/mol. The highest BCUT2D eigenvalue weighted by Gasteiger charge is 2.20. The Labute approximate surface area is 167 Å². The van der Waals surface area contributed by atoms with E-state index in [4.69, 9.17) is 9.97 Å². The number of aryl methyl sites for hydroxylation is 1. The van der Waals surface area contributed by atoms with Crippen molar-refractivity contribution >= 4 is 17.5 Å². The van der Waals surface area contributed by atoms with E-state index >= 15 is 0 Å². The van der Waals surface area contributed by atoms with E-state index in [1.807, 2.05) is 30.3 Å². The lowest BCUT2D eigenvalue weighted by molar-refractivity contribution is 0.102. The lowest BCUT2D eigenvalue weighted by Gasteiger charge is -2.18. The number of carbonyl (C=O) groups is 1. The van der Waals surface area contributed by atoms with Crippen LogP contribution in [-0.2, 0) is 12.8 Å². The third kappa shape index (κ3) is 3.87. The largest absolute Gasteiger partial charge is 0.504 e. The average molecular weight is 392 g/mol. The summed E-state index contributed by atoms with van der Waals surface area (Å²) in [5.74, 6) is 0.258. The standard InChI is InChI=1S/C22H20N2O3S/c25-18-11-10-15(12-19(18)26)20(27)13-28-22-16-8-4-5-9-17(16)23-21(24-22)14-6-2-1-3-7-14/h1-3,6-7,10-12,25-26H,4-5,8-9,13H2. The number of hydrogen-bond acceptors (Lipinski definition) is 6. The second kappa shape index (κ2) is 8.02. The van der Waals surface area contributed by atoms with Gasteiger partial charge in [0.25, 0.3) is 0 Å². The van der Waals surface area contributed by atoms with E-state index < -0.39 is 0 Å². The lowest BCUT2D eigenvalue weighted by atomic mass is 9.97. The molecule has 0 aliphatic heterocycles. The van der Waals surface area contributed by atoms with Crippen molar-refractivity contribution in [2.45, 2.75) is 30.7 Å². The zero-order chi connectivity index (χ0) is 19.5. The SMILES string of the molecule is O=C(CSc1nc(-c2ccccc2)nc2c1CCCC2)c1ccc(O)c(O)c1. The van der Waals surface area contributed by atoms with Crippen LogP contribution in [0.1, 0.15) is 34.5 Å². The Morgan fingerprint density at radius 1 is 0.964 bits per heavy atom. The molecule has 0 saturated heterocycles. The summed E-state index contributed by atoms with van der Waals surface area (Å²) in [5, 5.41) is 19.9. The molecule has 0 radical (unpaired) electrons. The van der Waals surface area contributed by atoms with Crippen molar-refractivity contribution in [2.75, 3.05) is 5.75 Å². The van der Waals surface area contributed by atoms with Crippen molar-refractivity contribution in [3.05, 3.63) is 65.4 Å². The molecule has 6 heteroatoms. The van der Waals surface area contributed by atoms with Crippen molar-refractivity contribution in [3.8, 4) is 22.9 Å². The molecule has 2 N–H and O–H groups in total. The predicted octanol–water partition coefficient (Wildman–Crippen LogP) is 4.41. The summed E-state index contributed by atoms with van der Waals surface area (Å²) in [6, 6.07) is 14.0. The number of phenolic OH excluding ortho intramolecular Hbond substituents is 2. The topological polar surface area (TPSA) is 83.3 Å². The van der Waals surface area contributed by atoms with Crippen LogP contribution in [0.2, 0.25) is 0 Å². The van der Waals surface area contributed by atoms with Crippen molar-refractivity contribution in [1.82, 2.24) is 9.97 Å². The number of rotatable bonds is 5. The van der Waals surface area contributed by atoms with Crippen LogP contribution in [-0.4, -0.2) is 31.7 Å². The van der Waals surface area contributed by atoms with E-state index in [0.29, 0.717) is 11.4 Å². The number of thioether (sulfide) groups is 1. The summed E-state index contributed by atoms with van der Waals surface area (Å²) in [6.45, 7) is 0. The molecule has 28 heavy (non-hydrogen) atoms. The fourth-order valence-electron chi connectivity index (χ4n) is 3.31. The Hall–Kier alpha value is -2.86. The van der Waals surface area contributed by atoms with Gasteiger partial charge in [-0.25, -0.2) is 9.97 Å². The third-order valence-corrected chi connectivity index (χ3v) is 5.83. The van der Waals surface area contributed by atoms with Crippen LogP contribution in [0.4, 0.5) is 0 Å². The van der Waals surface area contributed by atoms with Crippen LogP contribution in [0, 0.1) is 0 Å². The maximum atomic E-state index is 12.5. The monoisotopic (exact) mass is 392 g/mol. The first-order chi connectivity index (χ1) is 13.6. The Bertz CT molecular complexity index is 1020. The fourth-order valence-corrected chi connectivity index (χ4v) is 4.29. The minimum atomic E-state index is -0.290. The molecule has 0 fully saturated rings. The summed E-state index contributed by atoms with van der Waals surface area (Å²) >= 11 is 1.41. The van der Waals surface area contributed by atoms with Crippen molar-refractivity contribution in [2.24, 2.45) is 0 Å². The minimum Gasteiger partial charge on any atom is -0.504 e. The number of benzene rings is 2. The molecule has 0 bridgehead atoms. The van der Waals surface area contributed by atoms with Gasteiger partial charge in [0, 0.05) is 22.4 Å². The number of nitrogens with zero attached hydrogens (tertiary/aromatic N) is 2. The molecule has 1 aromatic heterocycles. The number of hydrogen-bond donors (Lipinski definition) is 2. The van der Waals surface area contributed by atoms with Gasteiger partial charge in [-0.2, -0.15) is 0 Å². The summed E-state index contributed by atoms with van der Waals surface area (Å²) in [7, 11) is 0. The maximum absolute atomic E-state index is 12.5. The highest BCUT2D eigenvalue weighted by molar-refractivity contribution is 8.00. The molecule has 1 heterocycles. The quantitative estimate of drug-likeness (QED) is 0.290. The Morgan fingerprint density at radius 2 is 1.75 bits per heavy atom. The molecular formula is C22H20N2O3S. The van der Waals surface area contributed by atoms with Crippen LogP contribution in [0.3, 0.4) is 0 Å². The van der Waals surface area contributed by atoms with E-state index in [2.05, 4.69) is 0 Å². The number of carbonyl (C=O) groups excluding carboxylic acids is 1. The third-order valence-electron chi connectivity index (χ3n) is 4.81. The number of aromatic hydroxyl groups is 2. The predicted molar refractivity (Wildman–Crippen MR) is 109 cm³/mol. The zero-order valence-electron chi connectivity index (χ0n) is 15.3. The van der Waals surface area contributed by atoms with Gasteiger partial charge in [-0.3, -0.25) is 4.79 Å². The first-order valence-corrected chi connectivity index (χ1v) is 10.2. The van der Waals surface area contributed by atoms with Crippen LogP contribution >= 0.6 is 11.8 Å². The summed E-state index contributed by atoms with van der Waals surface area (Å²) in [6.07, 6.45) is 4.09. The molecule has 2 aromatic carbocycles. The van der Waals surface area contributed by atoms with Gasteiger partial charge in [-0.05, 0) is 43.9 Å². The fraction of sp³-hybridized carbons (Fsp3) is 0.227. The van der Waals surface area contributed by atoms with Crippen molar-refractivity contribution in [1.29, 1.82) is 0 Å². The Kier molecular flexibility index (Phi) is 5.30. The van der Waals surface area contributed by atoms with E-state index in [-0.39, 0.29) is 23.0 Å². The average Bonchev–Trinajstić information content (AvgIpc) is 2.74. The lowest BCUT2D eigenvalue weighted by Crippen LogP contribution is -2.11. The van der Waals surface area contributed by atoms with Crippen LogP contribution in [0.15, 0.2) is 53.6 Å². The van der Waals surface area contributed by atoms with Gasteiger partial charge in [0.1, 0.15) is 5.03 Å². The van der Waals surface area contributed by atoms with Gasteiger partial charge in [0.05, 0.1) is 5.75 Å². The molecule has 3 aromatic rings. The smallest absolute Gasteiger partial charge is 0.173 e. The molecule has 0 unspecified atom stereocenters. The normalized spacial score (nSPS) is 13.1. The molecule has 142 valence electrons. The van der Waals surface area contributed by atoms with Crippen molar-refractivity contribution in [3.63, 3.8) is 0 Å². The molecule has 0 saturated carbocycles. The van der Waals surface area contributed by atoms with Crippen LogP contribution in [0.5, 0.6) is 11.5 Å². The van der Waals surface area contributed by atoms with Gasteiger partial charge in [0.15, 0.2) is 23.1 Å². The van der Waals surface area contributed by atoms with E-state index in [1.165, 1.54) is 30.0 Å². The molecule has 4 rings (SSSR count). The van der Waals surface area contributed by atoms with Gasteiger partial charge in [-0.15, -0.1) is 0 Å². The van der Waals surface area contributed by atoms with Gasteiger partial charge in [-0.1, -0.05) is 42.1 Å². The second-order valence-electron chi connectivity index (χ2n) is 6.77.